The van der Waals surface area contributed by atoms with Crippen LogP contribution in [0.2, 0.25) is 0 Å². The number of hydrogen-bond donors (Lipinski definition) is 0. The molecule has 84 valence electrons. The van der Waals surface area contributed by atoms with Gasteiger partial charge in [0.15, 0.2) is 0 Å². The van der Waals surface area contributed by atoms with Crippen molar-refractivity contribution in [3.8, 4) is 0 Å². The van der Waals surface area contributed by atoms with Gasteiger partial charge in [0, 0.05) is 6.08 Å². The summed E-state index contributed by atoms with van der Waals surface area (Å²) in [5, 5.41) is 10.4. The van der Waals surface area contributed by atoms with Crippen LogP contribution in [-0.4, -0.2) is 11.1 Å². The first-order chi connectivity index (χ1) is 6.68. The van der Waals surface area contributed by atoms with Gasteiger partial charge >= 0.3 is 6.18 Å². The number of alkyl halides is 3. The van der Waals surface area contributed by atoms with Crippen molar-refractivity contribution in [3.05, 3.63) is 34.0 Å². The second-order valence-electron chi connectivity index (χ2n) is 3.75. The SMILES string of the molecule is CC1C=C([N+](=O)[O-])C=CC1(C)C(F)(F)F. The van der Waals surface area contributed by atoms with Crippen molar-refractivity contribution < 1.29 is 18.1 Å². The van der Waals surface area contributed by atoms with Gasteiger partial charge in [0.1, 0.15) is 0 Å². The molecule has 3 nitrogen and oxygen atoms in total. The number of hydrogen-bond acceptors (Lipinski definition) is 2. The van der Waals surface area contributed by atoms with E-state index in [4.69, 9.17) is 0 Å². The topological polar surface area (TPSA) is 43.1 Å². The first-order valence-corrected chi connectivity index (χ1v) is 4.30. The van der Waals surface area contributed by atoms with Crippen LogP contribution in [0.4, 0.5) is 13.2 Å². The van der Waals surface area contributed by atoms with Gasteiger partial charge in [-0.1, -0.05) is 13.0 Å². The molecule has 1 rings (SSSR count). The third kappa shape index (κ3) is 1.88. The zero-order valence-corrected chi connectivity index (χ0v) is 8.21. The molecule has 6 heteroatoms. The summed E-state index contributed by atoms with van der Waals surface area (Å²) in [6, 6.07) is 0. The lowest BCUT2D eigenvalue weighted by Gasteiger charge is -2.34. The van der Waals surface area contributed by atoms with Crippen LogP contribution >= 0.6 is 0 Å². The third-order valence-electron chi connectivity index (χ3n) is 2.79. The van der Waals surface area contributed by atoms with Crippen LogP contribution in [0, 0.1) is 21.4 Å². The van der Waals surface area contributed by atoms with Gasteiger partial charge in [0.05, 0.1) is 10.3 Å². The summed E-state index contributed by atoms with van der Waals surface area (Å²) in [7, 11) is 0. The first kappa shape index (κ1) is 11.7. The minimum Gasteiger partial charge on any atom is -0.258 e. The molecule has 0 aromatic rings. The molecule has 0 spiro atoms. The van der Waals surface area contributed by atoms with Crippen molar-refractivity contribution in [1.29, 1.82) is 0 Å². The Morgan fingerprint density at radius 3 is 2.40 bits per heavy atom. The van der Waals surface area contributed by atoms with Gasteiger partial charge in [-0.3, -0.25) is 10.1 Å². The van der Waals surface area contributed by atoms with E-state index in [1.807, 2.05) is 0 Å². The Morgan fingerprint density at radius 2 is 2.07 bits per heavy atom. The van der Waals surface area contributed by atoms with Crippen molar-refractivity contribution >= 4 is 0 Å². The molecule has 1 aliphatic rings. The predicted octanol–water partition coefficient (Wildman–Crippen LogP) is 2.92. The largest absolute Gasteiger partial charge is 0.398 e. The molecule has 2 unspecified atom stereocenters. The van der Waals surface area contributed by atoms with Gasteiger partial charge in [-0.05, 0) is 18.9 Å². The molecule has 0 amide bonds. The van der Waals surface area contributed by atoms with Crippen LogP contribution in [0.25, 0.3) is 0 Å². The molecule has 15 heavy (non-hydrogen) atoms. The van der Waals surface area contributed by atoms with Crippen LogP contribution in [0.15, 0.2) is 23.9 Å². The highest BCUT2D eigenvalue weighted by Gasteiger charge is 2.53. The second kappa shape index (κ2) is 3.36. The molecule has 0 saturated heterocycles. The summed E-state index contributed by atoms with van der Waals surface area (Å²) < 4.78 is 38.0. The molecule has 1 aliphatic carbocycles. The fourth-order valence-corrected chi connectivity index (χ4v) is 1.37. The number of nitro groups is 1. The smallest absolute Gasteiger partial charge is 0.258 e. The molecule has 0 heterocycles. The number of nitrogens with zero attached hydrogens (tertiary/aromatic N) is 1. The number of allylic oxidation sites excluding steroid dienone is 3. The van der Waals surface area contributed by atoms with Crippen LogP contribution in [0.5, 0.6) is 0 Å². The van der Waals surface area contributed by atoms with E-state index in [2.05, 4.69) is 0 Å². The molecule has 0 bridgehead atoms. The van der Waals surface area contributed by atoms with E-state index in [-0.39, 0.29) is 5.70 Å². The van der Waals surface area contributed by atoms with Gasteiger partial charge in [0.2, 0.25) is 0 Å². The summed E-state index contributed by atoms with van der Waals surface area (Å²) in [6.07, 6.45) is -1.60. The summed E-state index contributed by atoms with van der Waals surface area (Å²) in [5.41, 5.74) is -2.31. The summed E-state index contributed by atoms with van der Waals surface area (Å²) in [5.74, 6) is -0.942. The van der Waals surface area contributed by atoms with Gasteiger partial charge in [-0.15, -0.1) is 0 Å². The average molecular weight is 221 g/mol. The Kier molecular flexibility index (Phi) is 2.63. The van der Waals surface area contributed by atoms with E-state index < -0.39 is 22.4 Å². The summed E-state index contributed by atoms with van der Waals surface area (Å²) in [4.78, 5) is 9.67. The lowest BCUT2D eigenvalue weighted by atomic mass is 9.74. The van der Waals surface area contributed by atoms with E-state index in [1.165, 1.54) is 6.92 Å². The molecule has 0 radical (unpaired) electrons. The fourth-order valence-electron chi connectivity index (χ4n) is 1.37. The maximum absolute atomic E-state index is 12.7. The Labute approximate surface area is 84.4 Å². The second-order valence-corrected chi connectivity index (χ2v) is 3.75. The third-order valence-corrected chi connectivity index (χ3v) is 2.79. The average Bonchev–Trinajstić information content (AvgIpc) is 2.07. The summed E-state index contributed by atoms with van der Waals surface area (Å²) >= 11 is 0. The van der Waals surface area contributed by atoms with Gasteiger partial charge in [0.25, 0.3) is 5.70 Å². The molecule has 0 aliphatic heterocycles. The highest BCUT2D eigenvalue weighted by molar-refractivity contribution is 5.24. The normalized spacial score (nSPS) is 31.3. The summed E-state index contributed by atoms with van der Waals surface area (Å²) in [6.45, 7) is 2.35. The first-order valence-electron chi connectivity index (χ1n) is 4.30. The lowest BCUT2D eigenvalue weighted by molar-refractivity contribution is -0.420. The molecule has 0 saturated carbocycles. The minimum atomic E-state index is -4.40. The Hall–Kier alpha value is -1.33. The van der Waals surface area contributed by atoms with Gasteiger partial charge in [-0.25, -0.2) is 0 Å². The van der Waals surface area contributed by atoms with Crippen LogP contribution in [0.1, 0.15) is 13.8 Å². The molecule has 0 aromatic carbocycles. The van der Waals surface area contributed by atoms with Crippen LogP contribution in [-0.2, 0) is 0 Å². The highest BCUT2D eigenvalue weighted by Crippen LogP contribution is 2.47. The zero-order chi connectivity index (χ0) is 11.9. The number of rotatable bonds is 1. The van der Waals surface area contributed by atoms with E-state index in [0.717, 1.165) is 25.2 Å². The number of halogens is 3. The van der Waals surface area contributed by atoms with Crippen molar-refractivity contribution in [2.75, 3.05) is 0 Å². The van der Waals surface area contributed by atoms with Crippen molar-refractivity contribution in [2.24, 2.45) is 11.3 Å². The standard InChI is InChI=1S/C9H10F3NO2/c1-6-5-7(13(14)15)3-4-8(6,2)9(10,11)12/h3-6H,1-2H3. The lowest BCUT2D eigenvalue weighted by Crippen LogP contribution is -2.40. The van der Waals surface area contributed by atoms with E-state index >= 15 is 0 Å². The fraction of sp³-hybridized carbons (Fsp3) is 0.556. The maximum Gasteiger partial charge on any atom is 0.398 e. The minimum absolute atomic E-state index is 0.288. The Bertz CT molecular complexity index is 346. The van der Waals surface area contributed by atoms with Gasteiger partial charge in [-0.2, -0.15) is 13.2 Å². The zero-order valence-electron chi connectivity index (χ0n) is 8.21. The Morgan fingerprint density at radius 1 is 1.53 bits per heavy atom. The quantitative estimate of drug-likeness (QED) is 0.504. The molecular weight excluding hydrogens is 211 g/mol. The molecule has 0 N–H and O–H groups in total. The van der Waals surface area contributed by atoms with Gasteiger partial charge < -0.3 is 0 Å². The molecular formula is C9H10F3NO2. The van der Waals surface area contributed by atoms with Crippen LogP contribution in [0.3, 0.4) is 0 Å². The molecule has 0 fully saturated rings. The van der Waals surface area contributed by atoms with Crippen LogP contribution < -0.4 is 0 Å². The maximum atomic E-state index is 12.7. The predicted molar refractivity (Wildman–Crippen MR) is 47.5 cm³/mol. The van der Waals surface area contributed by atoms with Crippen molar-refractivity contribution in [2.45, 2.75) is 20.0 Å². The monoisotopic (exact) mass is 221 g/mol. The highest BCUT2D eigenvalue weighted by atomic mass is 19.4. The van der Waals surface area contributed by atoms with Crippen molar-refractivity contribution in [1.82, 2.24) is 0 Å². The Balaban J connectivity index is 3.06. The van der Waals surface area contributed by atoms with Crippen molar-refractivity contribution in [3.63, 3.8) is 0 Å². The van der Waals surface area contributed by atoms with E-state index in [9.17, 15) is 23.3 Å². The van der Waals surface area contributed by atoms with E-state index in [1.54, 1.807) is 0 Å². The van der Waals surface area contributed by atoms with E-state index in [0.29, 0.717) is 0 Å². The molecule has 0 aromatic heterocycles. The molecule has 2 atom stereocenters.